The molecule has 11 aromatic rings. The van der Waals surface area contributed by atoms with Crippen LogP contribution in [-0.2, 0) is 0 Å². The minimum atomic E-state index is 0.858. The van der Waals surface area contributed by atoms with Gasteiger partial charge in [0, 0.05) is 57.8 Å². The van der Waals surface area contributed by atoms with E-state index in [1.807, 2.05) is 55.1 Å². The van der Waals surface area contributed by atoms with E-state index in [4.69, 9.17) is 9.97 Å². The van der Waals surface area contributed by atoms with Gasteiger partial charge in [-0.2, -0.15) is 0 Å². The minimum Gasteiger partial charge on any atom is -0.293 e. The van der Waals surface area contributed by atoms with Crippen LogP contribution in [0.5, 0.6) is 0 Å². The first-order valence-corrected chi connectivity index (χ1v) is 19.1. The molecule has 0 radical (unpaired) electrons. The van der Waals surface area contributed by atoms with Crippen LogP contribution in [0.15, 0.2) is 201 Å². The van der Waals surface area contributed by atoms with Crippen molar-refractivity contribution in [1.29, 1.82) is 0 Å². The maximum absolute atomic E-state index is 5.29. The summed E-state index contributed by atoms with van der Waals surface area (Å²) in [4.78, 5) is 19.0. The lowest BCUT2D eigenvalue weighted by Gasteiger charge is -2.13. The van der Waals surface area contributed by atoms with Crippen LogP contribution in [0, 0.1) is 0 Å². The molecule has 0 aliphatic carbocycles. The number of hydrogen-bond donors (Lipinski definition) is 0. The Morgan fingerprint density at radius 1 is 0.404 bits per heavy atom. The van der Waals surface area contributed by atoms with Gasteiger partial charge in [-0.1, -0.05) is 121 Å². The highest BCUT2D eigenvalue weighted by molar-refractivity contribution is 6.23. The highest BCUT2D eigenvalue weighted by atomic mass is 15.1. The predicted octanol–water partition coefficient (Wildman–Crippen LogP) is 13.0. The zero-order chi connectivity index (χ0) is 37.7. The molecule has 0 N–H and O–H groups in total. The number of rotatable bonds is 6. The van der Waals surface area contributed by atoms with E-state index in [9.17, 15) is 0 Å². The Morgan fingerprint density at radius 2 is 1.12 bits per heavy atom. The number of pyridine rings is 4. The highest BCUT2D eigenvalue weighted by Crippen LogP contribution is 2.46. The Morgan fingerprint density at radius 3 is 1.95 bits per heavy atom. The third kappa shape index (κ3) is 5.64. The maximum Gasteiger partial charge on any atom is 0.138 e. The highest BCUT2D eigenvalue weighted by Gasteiger charge is 2.24. The summed E-state index contributed by atoms with van der Waals surface area (Å²) in [6.45, 7) is 0. The van der Waals surface area contributed by atoms with Gasteiger partial charge < -0.3 is 0 Å². The van der Waals surface area contributed by atoms with Gasteiger partial charge in [-0.3, -0.25) is 19.5 Å². The summed E-state index contributed by atoms with van der Waals surface area (Å²) in [7, 11) is 0. The van der Waals surface area contributed by atoms with E-state index in [-0.39, 0.29) is 0 Å². The summed E-state index contributed by atoms with van der Waals surface area (Å²) >= 11 is 0. The van der Waals surface area contributed by atoms with Gasteiger partial charge >= 0.3 is 0 Å². The lowest BCUT2D eigenvalue weighted by atomic mass is 9.92. The lowest BCUT2D eigenvalue weighted by molar-refractivity contribution is 1.05. The SMILES string of the molecule is c1ccc(-c2c(-c3ccccc3)n(-c3cccc(-c4ccncc4)n3)c3ccc4c5ccc(-c6ccc(-c7cnc8ccccc8c7)nc6)cc5ccc4c23)cc1. The van der Waals surface area contributed by atoms with Crippen molar-refractivity contribution in [3.8, 4) is 61.8 Å². The van der Waals surface area contributed by atoms with E-state index in [0.29, 0.717) is 0 Å². The third-order valence-electron chi connectivity index (χ3n) is 11.0. The van der Waals surface area contributed by atoms with Crippen molar-refractivity contribution in [3.05, 3.63) is 201 Å². The van der Waals surface area contributed by atoms with Crippen LogP contribution in [0.3, 0.4) is 0 Å². The van der Waals surface area contributed by atoms with Crippen LogP contribution in [-0.4, -0.2) is 24.5 Å². The van der Waals surface area contributed by atoms with E-state index in [1.54, 1.807) is 0 Å². The molecule has 5 nitrogen and oxygen atoms in total. The number of hydrogen-bond acceptors (Lipinski definition) is 4. The van der Waals surface area contributed by atoms with Crippen LogP contribution < -0.4 is 0 Å². The molecule has 5 aromatic heterocycles. The first kappa shape index (κ1) is 32.7. The fourth-order valence-corrected chi connectivity index (χ4v) is 8.29. The van der Waals surface area contributed by atoms with E-state index < -0.39 is 0 Å². The number of fused-ring (bicyclic) bond motifs is 6. The third-order valence-corrected chi connectivity index (χ3v) is 11.0. The number of benzene rings is 6. The standard InChI is InChI=1S/C52H33N5/c1-3-10-35(11-4-1)50-51-44-22-19-38-30-37(40-20-24-46(54-32-40)41-31-39-14-7-8-15-45(39)55-33-41)18-21-42(38)43(44)23-25-48(51)57(52(50)36-12-5-2-6-13-36)49-17-9-16-47(56-49)34-26-28-53-29-27-34/h1-33H. The first-order chi connectivity index (χ1) is 28.3. The zero-order valence-corrected chi connectivity index (χ0v) is 30.8. The minimum absolute atomic E-state index is 0.858. The molecule has 0 amide bonds. The molecule has 5 heteroatoms. The molecular formula is C52H33N5. The molecule has 6 aromatic carbocycles. The van der Waals surface area contributed by atoms with E-state index >= 15 is 0 Å². The zero-order valence-electron chi connectivity index (χ0n) is 30.8. The van der Waals surface area contributed by atoms with Gasteiger partial charge in [0.25, 0.3) is 0 Å². The quantitative estimate of drug-likeness (QED) is 0.160. The molecule has 0 aliphatic heterocycles. The fraction of sp³-hybridized carbons (Fsp3) is 0. The average Bonchev–Trinajstić information content (AvgIpc) is 3.65. The number of aromatic nitrogens is 5. The molecule has 266 valence electrons. The van der Waals surface area contributed by atoms with Gasteiger partial charge in [-0.05, 0) is 92.8 Å². The molecule has 57 heavy (non-hydrogen) atoms. The Balaban J connectivity index is 1.09. The molecule has 0 aliphatic rings. The second-order valence-corrected chi connectivity index (χ2v) is 14.3. The lowest BCUT2D eigenvalue weighted by Crippen LogP contribution is -2.01. The van der Waals surface area contributed by atoms with Gasteiger partial charge in [0.15, 0.2) is 0 Å². The largest absolute Gasteiger partial charge is 0.293 e. The van der Waals surface area contributed by atoms with Crippen LogP contribution in [0.1, 0.15) is 0 Å². The smallest absolute Gasteiger partial charge is 0.138 e. The van der Waals surface area contributed by atoms with Crippen molar-refractivity contribution >= 4 is 43.4 Å². The average molecular weight is 728 g/mol. The summed E-state index contributed by atoms with van der Waals surface area (Å²) in [5.74, 6) is 0.858. The molecule has 0 spiro atoms. The second-order valence-electron chi connectivity index (χ2n) is 14.3. The fourth-order valence-electron chi connectivity index (χ4n) is 8.29. The van der Waals surface area contributed by atoms with Crippen molar-refractivity contribution in [2.75, 3.05) is 0 Å². The van der Waals surface area contributed by atoms with E-state index in [1.165, 1.54) is 32.5 Å². The van der Waals surface area contributed by atoms with Crippen molar-refractivity contribution in [3.63, 3.8) is 0 Å². The summed E-state index contributed by atoms with van der Waals surface area (Å²) in [5.41, 5.74) is 12.7. The van der Waals surface area contributed by atoms with Crippen LogP contribution in [0.4, 0.5) is 0 Å². The first-order valence-electron chi connectivity index (χ1n) is 19.1. The molecule has 0 atom stereocenters. The topological polar surface area (TPSA) is 56.5 Å². The summed E-state index contributed by atoms with van der Waals surface area (Å²) < 4.78 is 2.34. The van der Waals surface area contributed by atoms with Crippen LogP contribution in [0.2, 0.25) is 0 Å². The van der Waals surface area contributed by atoms with Gasteiger partial charge in [0.05, 0.1) is 28.1 Å². The predicted molar refractivity (Wildman–Crippen MR) is 234 cm³/mol. The van der Waals surface area contributed by atoms with Crippen molar-refractivity contribution < 1.29 is 0 Å². The van der Waals surface area contributed by atoms with E-state index in [0.717, 1.165) is 72.7 Å². The van der Waals surface area contributed by atoms with Crippen molar-refractivity contribution in [1.82, 2.24) is 24.5 Å². The Bertz CT molecular complexity index is 3270. The summed E-state index contributed by atoms with van der Waals surface area (Å²) in [6.07, 6.45) is 7.50. The van der Waals surface area contributed by atoms with Gasteiger partial charge in [-0.15, -0.1) is 0 Å². The molecule has 5 heterocycles. The molecule has 0 unspecified atom stereocenters. The van der Waals surface area contributed by atoms with Crippen LogP contribution in [0.25, 0.3) is 105 Å². The molecule has 0 saturated heterocycles. The summed E-state index contributed by atoms with van der Waals surface area (Å²) in [6, 6.07) is 62.2. The monoisotopic (exact) mass is 727 g/mol. The Labute approximate surface area is 329 Å². The maximum atomic E-state index is 5.29. The molecule has 0 saturated carbocycles. The molecule has 0 fully saturated rings. The molecular weight excluding hydrogens is 695 g/mol. The second kappa shape index (κ2) is 13.5. The van der Waals surface area contributed by atoms with Crippen molar-refractivity contribution in [2.45, 2.75) is 0 Å². The molecule has 0 bridgehead atoms. The number of nitrogens with zero attached hydrogens (tertiary/aromatic N) is 5. The van der Waals surface area contributed by atoms with E-state index in [2.05, 4.69) is 160 Å². The van der Waals surface area contributed by atoms with Crippen LogP contribution >= 0.6 is 0 Å². The van der Waals surface area contributed by atoms with Gasteiger partial charge in [-0.25, -0.2) is 4.98 Å². The van der Waals surface area contributed by atoms with Gasteiger partial charge in [0.1, 0.15) is 5.82 Å². The summed E-state index contributed by atoms with van der Waals surface area (Å²) in [5, 5.41) is 7.09. The van der Waals surface area contributed by atoms with Gasteiger partial charge in [0.2, 0.25) is 0 Å². The molecule has 11 rings (SSSR count). The Hall–Kier alpha value is -7.76. The number of para-hydroxylation sites is 1. The van der Waals surface area contributed by atoms with Crippen molar-refractivity contribution in [2.24, 2.45) is 0 Å². The Kier molecular flexibility index (Phi) is 7.74. The normalized spacial score (nSPS) is 11.5.